The van der Waals surface area contributed by atoms with Crippen LogP contribution in [0.25, 0.3) is 0 Å². The van der Waals surface area contributed by atoms with Crippen LogP contribution < -0.4 is 10.2 Å². The summed E-state index contributed by atoms with van der Waals surface area (Å²) < 4.78 is 5.75. The summed E-state index contributed by atoms with van der Waals surface area (Å²) in [7, 11) is 0. The first-order chi connectivity index (χ1) is 13.2. The van der Waals surface area contributed by atoms with E-state index in [2.05, 4.69) is 10.5 Å². The molecule has 0 bridgehead atoms. The number of carbonyl (C=O) groups excluding carboxylic acids is 1. The molecule has 1 amide bonds. The number of amides is 1. The Balaban J connectivity index is 1.74. The minimum absolute atomic E-state index is 0.130. The molecule has 0 fully saturated rings. The van der Waals surface area contributed by atoms with Crippen molar-refractivity contribution in [2.75, 3.05) is 0 Å². The van der Waals surface area contributed by atoms with Gasteiger partial charge in [0.05, 0.1) is 5.71 Å². The Hall–Kier alpha value is -3.60. The number of phenolic OH excluding ortho intramolecular Hbond substituents is 1. The van der Waals surface area contributed by atoms with Crippen LogP contribution in [0.5, 0.6) is 17.2 Å². The van der Waals surface area contributed by atoms with Gasteiger partial charge in [-0.1, -0.05) is 43.3 Å². The second kappa shape index (κ2) is 8.67. The molecule has 0 aliphatic rings. The highest BCUT2D eigenvalue weighted by Gasteiger charge is 2.10. The van der Waals surface area contributed by atoms with Crippen LogP contribution in [0.1, 0.15) is 29.3 Å². The molecule has 27 heavy (non-hydrogen) atoms. The highest BCUT2D eigenvalue weighted by Crippen LogP contribution is 2.22. The van der Waals surface area contributed by atoms with Crippen molar-refractivity contribution in [3.05, 3.63) is 90.0 Å². The molecular weight excluding hydrogens is 340 g/mol. The second-order valence-corrected chi connectivity index (χ2v) is 5.81. The van der Waals surface area contributed by atoms with Crippen molar-refractivity contribution in [2.24, 2.45) is 5.10 Å². The zero-order valence-corrected chi connectivity index (χ0v) is 14.9. The Bertz CT molecular complexity index is 953. The summed E-state index contributed by atoms with van der Waals surface area (Å²) in [4.78, 5) is 12.4. The van der Waals surface area contributed by atoms with Crippen LogP contribution in [-0.4, -0.2) is 16.7 Å². The average Bonchev–Trinajstić information content (AvgIpc) is 2.70. The molecule has 2 N–H and O–H groups in total. The van der Waals surface area contributed by atoms with E-state index < -0.39 is 0 Å². The van der Waals surface area contributed by atoms with Gasteiger partial charge in [0.1, 0.15) is 17.2 Å². The normalized spacial score (nSPS) is 11.1. The fraction of sp³-hybridized carbons (Fsp3) is 0.0909. The van der Waals surface area contributed by atoms with Crippen LogP contribution in [0, 0.1) is 0 Å². The molecule has 5 heteroatoms. The number of para-hydroxylation sites is 2. The molecule has 0 saturated heterocycles. The lowest BCUT2D eigenvalue weighted by Crippen LogP contribution is -2.20. The Morgan fingerprint density at radius 2 is 1.67 bits per heavy atom. The summed E-state index contributed by atoms with van der Waals surface area (Å²) in [5, 5.41) is 14.1. The monoisotopic (exact) mass is 360 g/mol. The molecule has 3 aromatic rings. The van der Waals surface area contributed by atoms with Gasteiger partial charge in [0, 0.05) is 11.1 Å². The maximum atomic E-state index is 12.4. The standard InChI is InChI=1S/C22H20N2O3/c1-2-20(19-13-6-7-14-21(19)25)23-24-22(26)16-9-8-12-18(15-16)27-17-10-4-3-5-11-17/h3-15,25H,2H2,1H3,(H,24,26). The highest BCUT2D eigenvalue weighted by molar-refractivity contribution is 6.04. The fourth-order valence-corrected chi connectivity index (χ4v) is 2.56. The van der Waals surface area contributed by atoms with E-state index in [1.54, 1.807) is 42.5 Å². The molecule has 0 radical (unpaired) electrons. The van der Waals surface area contributed by atoms with Crippen LogP contribution in [0.4, 0.5) is 0 Å². The number of rotatable bonds is 6. The quantitative estimate of drug-likeness (QED) is 0.493. The molecule has 136 valence electrons. The van der Waals surface area contributed by atoms with Gasteiger partial charge in [-0.05, 0) is 48.9 Å². The Morgan fingerprint density at radius 3 is 2.41 bits per heavy atom. The van der Waals surface area contributed by atoms with Crippen LogP contribution in [0.15, 0.2) is 84.0 Å². The number of benzene rings is 3. The molecule has 3 rings (SSSR count). The van der Waals surface area contributed by atoms with Crippen molar-refractivity contribution < 1.29 is 14.6 Å². The van der Waals surface area contributed by atoms with Crippen molar-refractivity contribution in [3.8, 4) is 17.2 Å². The zero-order valence-electron chi connectivity index (χ0n) is 14.9. The number of carbonyl (C=O) groups is 1. The number of ether oxygens (including phenoxy) is 1. The van der Waals surface area contributed by atoms with E-state index >= 15 is 0 Å². The predicted octanol–water partition coefficient (Wildman–Crippen LogP) is 4.73. The lowest BCUT2D eigenvalue weighted by Gasteiger charge is -2.09. The first-order valence-corrected chi connectivity index (χ1v) is 8.65. The summed E-state index contributed by atoms with van der Waals surface area (Å²) in [5.41, 5.74) is 4.17. The third-order valence-corrected chi connectivity index (χ3v) is 3.92. The van der Waals surface area contributed by atoms with E-state index in [-0.39, 0.29) is 11.7 Å². The maximum Gasteiger partial charge on any atom is 0.271 e. The summed E-state index contributed by atoms with van der Waals surface area (Å²) in [5.74, 6) is 1.04. The minimum Gasteiger partial charge on any atom is -0.507 e. The first kappa shape index (κ1) is 18.2. The van der Waals surface area contributed by atoms with Gasteiger partial charge >= 0.3 is 0 Å². The van der Waals surface area contributed by atoms with Gasteiger partial charge in [-0.2, -0.15) is 5.10 Å². The molecule has 0 aliphatic heterocycles. The molecule has 0 saturated carbocycles. The van der Waals surface area contributed by atoms with E-state index in [0.29, 0.717) is 34.8 Å². The van der Waals surface area contributed by atoms with Gasteiger partial charge in [-0.15, -0.1) is 0 Å². The second-order valence-electron chi connectivity index (χ2n) is 5.81. The Kier molecular flexibility index (Phi) is 5.84. The van der Waals surface area contributed by atoms with Crippen molar-refractivity contribution in [3.63, 3.8) is 0 Å². The number of nitrogens with one attached hydrogen (secondary N) is 1. The topological polar surface area (TPSA) is 70.9 Å². The van der Waals surface area contributed by atoms with Crippen molar-refractivity contribution in [2.45, 2.75) is 13.3 Å². The van der Waals surface area contributed by atoms with Crippen molar-refractivity contribution >= 4 is 11.6 Å². The molecule has 5 nitrogen and oxygen atoms in total. The number of nitrogens with zero attached hydrogens (tertiary/aromatic N) is 1. The molecule has 0 atom stereocenters. The molecule has 0 spiro atoms. The van der Waals surface area contributed by atoms with Gasteiger partial charge in [-0.25, -0.2) is 5.43 Å². The highest BCUT2D eigenvalue weighted by atomic mass is 16.5. The smallest absolute Gasteiger partial charge is 0.271 e. The van der Waals surface area contributed by atoms with E-state index in [9.17, 15) is 9.90 Å². The zero-order chi connectivity index (χ0) is 19.1. The summed E-state index contributed by atoms with van der Waals surface area (Å²) in [6.45, 7) is 1.91. The average molecular weight is 360 g/mol. The molecule has 0 aliphatic carbocycles. The fourth-order valence-electron chi connectivity index (χ4n) is 2.56. The molecule has 0 aromatic heterocycles. The summed E-state index contributed by atoms with van der Waals surface area (Å²) >= 11 is 0. The predicted molar refractivity (Wildman–Crippen MR) is 105 cm³/mol. The molecular formula is C22H20N2O3. The largest absolute Gasteiger partial charge is 0.507 e. The van der Waals surface area contributed by atoms with Crippen LogP contribution in [0.2, 0.25) is 0 Å². The lowest BCUT2D eigenvalue weighted by atomic mass is 10.1. The number of hydrazone groups is 1. The van der Waals surface area contributed by atoms with Gasteiger partial charge < -0.3 is 9.84 Å². The van der Waals surface area contributed by atoms with Gasteiger partial charge in [0.2, 0.25) is 0 Å². The van der Waals surface area contributed by atoms with E-state index in [1.165, 1.54) is 0 Å². The number of hydrogen-bond donors (Lipinski definition) is 2. The number of aromatic hydroxyl groups is 1. The number of hydrogen-bond acceptors (Lipinski definition) is 4. The van der Waals surface area contributed by atoms with Crippen molar-refractivity contribution in [1.29, 1.82) is 0 Å². The Labute approximate surface area is 157 Å². The maximum absolute atomic E-state index is 12.4. The van der Waals surface area contributed by atoms with Gasteiger partial charge in [0.25, 0.3) is 5.91 Å². The van der Waals surface area contributed by atoms with E-state index in [1.807, 2.05) is 43.3 Å². The Morgan fingerprint density at radius 1 is 0.963 bits per heavy atom. The first-order valence-electron chi connectivity index (χ1n) is 8.65. The van der Waals surface area contributed by atoms with Crippen LogP contribution in [0.3, 0.4) is 0 Å². The summed E-state index contributed by atoms with van der Waals surface area (Å²) in [6, 6.07) is 23.1. The third-order valence-electron chi connectivity index (χ3n) is 3.92. The molecule has 3 aromatic carbocycles. The van der Waals surface area contributed by atoms with Crippen molar-refractivity contribution in [1.82, 2.24) is 5.43 Å². The van der Waals surface area contributed by atoms with Gasteiger partial charge in [-0.3, -0.25) is 4.79 Å². The minimum atomic E-state index is -0.352. The lowest BCUT2D eigenvalue weighted by molar-refractivity contribution is 0.0954. The molecule has 0 heterocycles. The SMILES string of the molecule is CCC(=NNC(=O)c1cccc(Oc2ccccc2)c1)c1ccccc1O. The van der Waals surface area contributed by atoms with E-state index in [0.717, 1.165) is 0 Å². The summed E-state index contributed by atoms with van der Waals surface area (Å²) in [6.07, 6.45) is 0.564. The van der Waals surface area contributed by atoms with E-state index in [4.69, 9.17) is 4.74 Å². The third kappa shape index (κ3) is 4.73. The van der Waals surface area contributed by atoms with Crippen LogP contribution in [-0.2, 0) is 0 Å². The van der Waals surface area contributed by atoms with Gasteiger partial charge in [0.15, 0.2) is 0 Å². The van der Waals surface area contributed by atoms with Crippen LogP contribution >= 0.6 is 0 Å². The molecule has 0 unspecified atom stereocenters. The number of phenols is 1.